The first-order valence-corrected chi connectivity index (χ1v) is 9.28. The number of rotatable bonds is 2. The Balaban J connectivity index is 0.000000198. The van der Waals surface area contributed by atoms with Crippen LogP contribution in [0.4, 0.5) is 0 Å². The van der Waals surface area contributed by atoms with E-state index in [1.54, 1.807) is 60.7 Å². The summed E-state index contributed by atoms with van der Waals surface area (Å²) in [5.74, 6) is 0. The van der Waals surface area contributed by atoms with Gasteiger partial charge in [-0.3, -0.25) is 0 Å². The van der Waals surface area contributed by atoms with Gasteiger partial charge in [-0.05, 0) is 56.2 Å². The Morgan fingerprint density at radius 1 is 0.583 bits per heavy atom. The van der Waals surface area contributed by atoms with Crippen molar-refractivity contribution >= 4 is 9.84 Å². The van der Waals surface area contributed by atoms with Crippen LogP contribution in [0.1, 0.15) is 16.7 Å². The van der Waals surface area contributed by atoms with Crippen LogP contribution in [-0.4, -0.2) is 8.42 Å². The maximum atomic E-state index is 12.0. The smallest absolute Gasteiger partial charge is 0.206 e. The average Bonchev–Trinajstić information content (AvgIpc) is 2.60. The van der Waals surface area contributed by atoms with Crippen molar-refractivity contribution in [1.29, 1.82) is 0 Å². The van der Waals surface area contributed by atoms with Crippen LogP contribution >= 0.6 is 0 Å². The zero-order valence-electron chi connectivity index (χ0n) is 14.2. The maximum Gasteiger partial charge on any atom is 0.206 e. The first kappa shape index (κ1) is 18.0. The molecular weight excluding hydrogens is 316 g/mol. The Kier molecular flexibility index (Phi) is 5.93. The second kappa shape index (κ2) is 7.93. The molecule has 0 radical (unpaired) electrons. The average molecular weight is 338 g/mol. The van der Waals surface area contributed by atoms with Gasteiger partial charge < -0.3 is 0 Å². The number of aryl methyl sites for hydroxylation is 3. The van der Waals surface area contributed by atoms with Crippen molar-refractivity contribution in [3.8, 4) is 0 Å². The number of sulfone groups is 1. The summed E-state index contributed by atoms with van der Waals surface area (Å²) >= 11 is 0. The second-order valence-electron chi connectivity index (χ2n) is 5.72. The molecule has 2 nitrogen and oxygen atoms in total. The molecule has 0 N–H and O–H groups in total. The summed E-state index contributed by atoms with van der Waals surface area (Å²) in [6.45, 7) is 6.39. The Bertz CT molecular complexity index is 838. The van der Waals surface area contributed by atoms with E-state index in [0.29, 0.717) is 9.79 Å². The van der Waals surface area contributed by atoms with E-state index < -0.39 is 9.84 Å². The van der Waals surface area contributed by atoms with Crippen LogP contribution in [0.2, 0.25) is 0 Å². The molecule has 0 unspecified atom stereocenters. The predicted molar refractivity (Wildman–Crippen MR) is 99.0 cm³/mol. The largest absolute Gasteiger partial charge is 0.219 e. The van der Waals surface area contributed by atoms with Gasteiger partial charge in [-0.15, -0.1) is 0 Å². The third-order valence-corrected chi connectivity index (χ3v) is 5.55. The molecule has 0 heterocycles. The summed E-state index contributed by atoms with van der Waals surface area (Å²) in [5, 5.41) is 0. The fraction of sp³-hybridized carbons (Fsp3) is 0.143. The van der Waals surface area contributed by atoms with Crippen molar-refractivity contribution in [1.82, 2.24) is 0 Å². The molecule has 3 rings (SSSR count). The molecular formula is C21H22O2S. The molecule has 3 aromatic rings. The van der Waals surface area contributed by atoms with Crippen molar-refractivity contribution < 1.29 is 8.42 Å². The highest BCUT2D eigenvalue weighted by atomic mass is 32.2. The summed E-state index contributed by atoms with van der Waals surface area (Å²) < 4.78 is 24.1. The molecule has 0 aromatic heterocycles. The van der Waals surface area contributed by atoms with E-state index in [1.165, 1.54) is 16.7 Å². The molecule has 0 spiro atoms. The van der Waals surface area contributed by atoms with E-state index >= 15 is 0 Å². The topological polar surface area (TPSA) is 34.1 Å². The van der Waals surface area contributed by atoms with Crippen molar-refractivity contribution in [2.45, 2.75) is 30.6 Å². The number of benzene rings is 3. The minimum absolute atomic E-state index is 0.330. The highest BCUT2D eigenvalue weighted by Gasteiger charge is 2.15. The van der Waals surface area contributed by atoms with Crippen LogP contribution in [0.25, 0.3) is 0 Å². The second-order valence-corrected chi connectivity index (χ2v) is 7.67. The van der Waals surface area contributed by atoms with Crippen molar-refractivity contribution in [2.75, 3.05) is 0 Å². The Morgan fingerprint density at radius 2 is 1.04 bits per heavy atom. The third kappa shape index (κ3) is 4.56. The summed E-state index contributed by atoms with van der Waals surface area (Å²) in [5.41, 5.74) is 4.11. The lowest BCUT2D eigenvalue weighted by Crippen LogP contribution is -2.00. The molecule has 0 aliphatic rings. The van der Waals surface area contributed by atoms with Gasteiger partial charge in [0.1, 0.15) is 0 Å². The molecule has 3 heteroatoms. The summed E-state index contributed by atoms with van der Waals surface area (Å²) in [6.07, 6.45) is 0. The van der Waals surface area contributed by atoms with Crippen molar-refractivity contribution in [3.63, 3.8) is 0 Å². The van der Waals surface area contributed by atoms with E-state index in [4.69, 9.17) is 0 Å². The van der Waals surface area contributed by atoms with Gasteiger partial charge in [0.15, 0.2) is 0 Å². The first-order valence-electron chi connectivity index (χ1n) is 7.80. The van der Waals surface area contributed by atoms with Crippen LogP contribution in [-0.2, 0) is 9.84 Å². The quantitative estimate of drug-likeness (QED) is 0.649. The van der Waals surface area contributed by atoms with Gasteiger partial charge in [-0.2, -0.15) is 0 Å². The Labute approximate surface area is 144 Å². The van der Waals surface area contributed by atoms with E-state index in [1.807, 2.05) is 0 Å². The van der Waals surface area contributed by atoms with Gasteiger partial charge in [0.25, 0.3) is 0 Å². The van der Waals surface area contributed by atoms with Crippen LogP contribution in [0.5, 0.6) is 0 Å². The molecule has 0 amide bonds. The van der Waals surface area contributed by atoms with Gasteiger partial charge in [0.05, 0.1) is 9.79 Å². The van der Waals surface area contributed by atoms with Crippen LogP contribution in [0.15, 0.2) is 88.7 Å². The lowest BCUT2D eigenvalue weighted by molar-refractivity contribution is 0.596. The zero-order valence-corrected chi connectivity index (χ0v) is 15.0. The molecule has 0 fully saturated rings. The molecule has 124 valence electrons. The van der Waals surface area contributed by atoms with Crippen molar-refractivity contribution in [2.24, 2.45) is 0 Å². The standard InChI is InChI=1S/C12H10O2S.C9H12/c13-15(14,11-7-3-1-4-8-11)12-9-5-2-6-10-12;1-7-4-5-8(2)9(3)6-7/h1-10H;4-6H,1-3H3. The monoisotopic (exact) mass is 338 g/mol. The van der Waals surface area contributed by atoms with E-state index in [-0.39, 0.29) is 0 Å². The molecule has 24 heavy (non-hydrogen) atoms. The third-order valence-electron chi connectivity index (χ3n) is 3.77. The number of hydrogen-bond donors (Lipinski definition) is 0. The van der Waals surface area contributed by atoms with E-state index in [2.05, 4.69) is 39.0 Å². The van der Waals surface area contributed by atoms with Gasteiger partial charge in [0.2, 0.25) is 9.84 Å². The fourth-order valence-corrected chi connectivity index (χ4v) is 3.53. The molecule has 0 saturated carbocycles. The lowest BCUT2D eigenvalue weighted by Gasteiger charge is -2.03. The van der Waals surface area contributed by atoms with Gasteiger partial charge >= 0.3 is 0 Å². The Morgan fingerprint density at radius 3 is 1.42 bits per heavy atom. The van der Waals surface area contributed by atoms with Crippen molar-refractivity contribution in [3.05, 3.63) is 95.6 Å². The van der Waals surface area contributed by atoms with Crippen LogP contribution < -0.4 is 0 Å². The number of hydrogen-bond acceptors (Lipinski definition) is 2. The normalized spacial score (nSPS) is 10.6. The van der Waals surface area contributed by atoms with E-state index in [9.17, 15) is 8.42 Å². The molecule has 0 bridgehead atoms. The van der Waals surface area contributed by atoms with Gasteiger partial charge in [0, 0.05) is 0 Å². The van der Waals surface area contributed by atoms with Crippen LogP contribution in [0, 0.1) is 20.8 Å². The van der Waals surface area contributed by atoms with Gasteiger partial charge in [-0.1, -0.05) is 60.2 Å². The SMILES string of the molecule is Cc1ccc(C)c(C)c1.O=S(=O)(c1ccccc1)c1ccccc1. The lowest BCUT2D eigenvalue weighted by atomic mass is 10.1. The first-order chi connectivity index (χ1) is 11.4. The molecule has 0 atom stereocenters. The minimum Gasteiger partial charge on any atom is -0.219 e. The highest BCUT2D eigenvalue weighted by molar-refractivity contribution is 7.91. The summed E-state index contributed by atoms with van der Waals surface area (Å²) in [7, 11) is -3.34. The molecule has 0 aliphatic carbocycles. The minimum atomic E-state index is -3.34. The molecule has 0 aliphatic heterocycles. The molecule has 3 aromatic carbocycles. The van der Waals surface area contributed by atoms with E-state index in [0.717, 1.165) is 0 Å². The fourth-order valence-electron chi connectivity index (χ4n) is 2.23. The van der Waals surface area contributed by atoms with Gasteiger partial charge in [-0.25, -0.2) is 8.42 Å². The summed E-state index contributed by atoms with van der Waals surface area (Å²) in [6, 6.07) is 23.4. The maximum absolute atomic E-state index is 12.0. The van der Waals surface area contributed by atoms with Crippen LogP contribution in [0.3, 0.4) is 0 Å². The highest BCUT2D eigenvalue weighted by Crippen LogP contribution is 2.19. The molecule has 0 saturated heterocycles. The summed E-state index contributed by atoms with van der Waals surface area (Å²) in [4.78, 5) is 0.660. The predicted octanol–water partition coefficient (Wildman–Crippen LogP) is 5.13. The zero-order chi connectivity index (χ0) is 17.6. The Hall–Kier alpha value is -2.39.